The Morgan fingerprint density at radius 1 is 1.60 bits per heavy atom. The summed E-state index contributed by atoms with van der Waals surface area (Å²) in [7, 11) is 0. The van der Waals surface area contributed by atoms with Gasteiger partial charge in [-0.2, -0.15) is 0 Å². The third kappa shape index (κ3) is 3.30. The van der Waals surface area contributed by atoms with E-state index >= 15 is 0 Å². The van der Waals surface area contributed by atoms with Crippen molar-refractivity contribution in [3.8, 4) is 0 Å². The van der Waals surface area contributed by atoms with Crippen molar-refractivity contribution < 1.29 is 13.9 Å². The van der Waals surface area contributed by atoms with Gasteiger partial charge in [0.25, 0.3) is 0 Å². The molecule has 1 atom stereocenters. The van der Waals surface area contributed by atoms with Crippen LogP contribution in [0.15, 0.2) is 10.6 Å². The number of oxazole rings is 1. The second-order valence-corrected chi connectivity index (χ2v) is 3.60. The van der Waals surface area contributed by atoms with E-state index in [9.17, 15) is 0 Å². The average molecular weight is 212 g/mol. The van der Waals surface area contributed by atoms with E-state index in [1.54, 1.807) is 6.20 Å². The first kappa shape index (κ1) is 10.6. The quantitative estimate of drug-likeness (QED) is 0.801. The Morgan fingerprint density at radius 3 is 3.20 bits per heavy atom. The number of aromatic nitrogens is 1. The first-order valence-corrected chi connectivity index (χ1v) is 5.16. The maximum absolute atomic E-state index is 5.39. The van der Waals surface area contributed by atoms with Gasteiger partial charge in [0.15, 0.2) is 0 Å². The van der Waals surface area contributed by atoms with Gasteiger partial charge < -0.3 is 19.2 Å². The van der Waals surface area contributed by atoms with Crippen LogP contribution in [0.3, 0.4) is 0 Å². The first-order chi connectivity index (χ1) is 7.34. The van der Waals surface area contributed by atoms with E-state index in [2.05, 4.69) is 10.3 Å². The highest BCUT2D eigenvalue weighted by Crippen LogP contribution is 2.05. The maximum Gasteiger partial charge on any atom is 0.208 e. The van der Waals surface area contributed by atoms with E-state index in [-0.39, 0.29) is 6.10 Å². The van der Waals surface area contributed by atoms with Crippen LogP contribution in [-0.4, -0.2) is 31.0 Å². The third-order valence-electron chi connectivity index (χ3n) is 2.29. The number of ether oxygens (including phenoxy) is 2. The second-order valence-electron chi connectivity index (χ2n) is 3.60. The fourth-order valence-corrected chi connectivity index (χ4v) is 1.49. The molecule has 0 aliphatic carbocycles. The Labute approximate surface area is 88.8 Å². The molecule has 84 valence electrons. The van der Waals surface area contributed by atoms with E-state index in [4.69, 9.17) is 13.9 Å². The molecule has 2 heterocycles. The number of hydrogen-bond donors (Lipinski definition) is 1. The summed E-state index contributed by atoms with van der Waals surface area (Å²) in [6.45, 7) is 4.53. The lowest BCUT2D eigenvalue weighted by Crippen LogP contribution is -2.33. The molecule has 0 spiro atoms. The second kappa shape index (κ2) is 5.25. The Kier molecular flexibility index (Phi) is 3.71. The van der Waals surface area contributed by atoms with Gasteiger partial charge in [0.05, 0.1) is 25.5 Å². The molecule has 1 aliphatic rings. The number of hydrogen-bond acceptors (Lipinski definition) is 5. The minimum atomic E-state index is 0.245. The van der Waals surface area contributed by atoms with Crippen LogP contribution in [0.1, 0.15) is 18.1 Å². The summed E-state index contributed by atoms with van der Waals surface area (Å²) < 4.78 is 15.8. The minimum absolute atomic E-state index is 0.245. The lowest BCUT2D eigenvalue weighted by molar-refractivity contribution is -0.137. The summed E-state index contributed by atoms with van der Waals surface area (Å²) in [5.74, 6) is 1.56. The molecular weight excluding hydrogens is 196 g/mol. The van der Waals surface area contributed by atoms with E-state index < -0.39 is 0 Å². The van der Waals surface area contributed by atoms with Crippen LogP contribution in [0.25, 0.3) is 0 Å². The molecular formula is C10H16N2O3. The molecule has 2 rings (SSSR count). The molecule has 15 heavy (non-hydrogen) atoms. The van der Waals surface area contributed by atoms with Gasteiger partial charge in [-0.1, -0.05) is 0 Å². The SMILES string of the molecule is Cc1cnc(CNCC2CCOCO2)o1. The zero-order valence-electron chi connectivity index (χ0n) is 8.86. The average Bonchev–Trinajstić information content (AvgIpc) is 2.66. The summed E-state index contributed by atoms with van der Waals surface area (Å²) in [5, 5.41) is 3.25. The Balaban J connectivity index is 1.65. The fraction of sp³-hybridized carbons (Fsp3) is 0.700. The zero-order valence-corrected chi connectivity index (χ0v) is 8.86. The van der Waals surface area contributed by atoms with Gasteiger partial charge in [-0.15, -0.1) is 0 Å². The lowest BCUT2D eigenvalue weighted by Gasteiger charge is -2.22. The normalized spacial score (nSPS) is 21.8. The van der Waals surface area contributed by atoms with Crippen molar-refractivity contribution in [2.45, 2.75) is 26.0 Å². The summed E-state index contributed by atoms with van der Waals surface area (Å²) in [6, 6.07) is 0. The summed E-state index contributed by atoms with van der Waals surface area (Å²) in [5.41, 5.74) is 0. The maximum atomic E-state index is 5.39. The molecule has 1 unspecified atom stereocenters. The van der Waals surface area contributed by atoms with Gasteiger partial charge in [0.1, 0.15) is 12.6 Å². The third-order valence-corrected chi connectivity index (χ3v) is 2.29. The number of rotatable bonds is 4. The molecule has 1 aromatic heterocycles. The molecule has 5 heteroatoms. The van der Waals surface area contributed by atoms with Crippen LogP contribution in [0.5, 0.6) is 0 Å². The molecule has 5 nitrogen and oxygen atoms in total. The molecule has 0 aromatic carbocycles. The van der Waals surface area contributed by atoms with Crippen molar-refractivity contribution >= 4 is 0 Å². The highest BCUT2D eigenvalue weighted by Gasteiger charge is 2.13. The van der Waals surface area contributed by atoms with Crippen LogP contribution in [0.2, 0.25) is 0 Å². The molecule has 0 saturated carbocycles. The number of aryl methyl sites for hydroxylation is 1. The minimum Gasteiger partial charge on any atom is -0.445 e. The van der Waals surface area contributed by atoms with Crippen LogP contribution in [0, 0.1) is 6.92 Å². The lowest BCUT2D eigenvalue weighted by atomic mass is 10.2. The van der Waals surface area contributed by atoms with Crippen molar-refractivity contribution in [3.05, 3.63) is 17.8 Å². The van der Waals surface area contributed by atoms with E-state index in [0.29, 0.717) is 13.3 Å². The van der Waals surface area contributed by atoms with Crippen molar-refractivity contribution in [1.82, 2.24) is 10.3 Å². The Bertz CT molecular complexity index is 295. The van der Waals surface area contributed by atoms with Gasteiger partial charge >= 0.3 is 0 Å². The van der Waals surface area contributed by atoms with Crippen LogP contribution in [0.4, 0.5) is 0 Å². The molecule has 1 N–H and O–H groups in total. The topological polar surface area (TPSA) is 56.5 Å². The van der Waals surface area contributed by atoms with Crippen molar-refractivity contribution in [1.29, 1.82) is 0 Å². The summed E-state index contributed by atoms with van der Waals surface area (Å²) in [4.78, 5) is 4.10. The predicted octanol–water partition coefficient (Wildman–Crippen LogP) is 0.836. The molecule has 1 saturated heterocycles. The van der Waals surface area contributed by atoms with E-state index in [0.717, 1.165) is 31.2 Å². The smallest absolute Gasteiger partial charge is 0.208 e. The number of nitrogens with zero attached hydrogens (tertiary/aromatic N) is 1. The van der Waals surface area contributed by atoms with Crippen molar-refractivity contribution in [2.75, 3.05) is 19.9 Å². The van der Waals surface area contributed by atoms with Crippen LogP contribution in [-0.2, 0) is 16.0 Å². The zero-order chi connectivity index (χ0) is 10.5. The predicted molar refractivity (Wildman–Crippen MR) is 53.3 cm³/mol. The Morgan fingerprint density at radius 2 is 2.53 bits per heavy atom. The summed E-state index contributed by atoms with van der Waals surface area (Å²) >= 11 is 0. The highest BCUT2D eigenvalue weighted by molar-refractivity contribution is 4.90. The van der Waals surface area contributed by atoms with Gasteiger partial charge in [-0.3, -0.25) is 0 Å². The van der Waals surface area contributed by atoms with Crippen molar-refractivity contribution in [3.63, 3.8) is 0 Å². The van der Waals surface area contributed by atoms with Crippen LogP contribution < -0.4 is 5.32 Å². The monoisotopic (exact) mass is 212 g/mol. The van der Waals surface area contributed by atoms with E-state index in [1.165, 1.54) is 0 Å². The number of nitrogens with one attached hydrogen (secondary N) is 1. The van der Waals surface area contributed by atoms with Gasteiger partial charge in [-0.05, 0) is 13.3 Å². The van der Waals surface area contributed by atoms with Gasteiger partial charge in [0.2, 0.25) is 5.89 Å². The fourth-order valence-electron chi connectivity index (χ4n) is 1.49. The first-order valence-electron chi connectivity index (χ1n) is 5.16. The Hall–Kier alpha value is -0.910. The molecule has 0 amide bonds. The van der Waals surface area contributed by atoms with E-state index in [1.807, 2.05) is 6.92 Å². The highest BCUT2D eigenvalue weighted by atomic mass is 16.7. The molecule has 1 fully saturated rings. The van der Waals surface area contributed by atoms with Gasteiger partial charge in [-0.25, -0.2) is 4.98 Å². The van der Waals surface area contributed by atoms with Crippen LogP contribution >= 0.6 is 0 Å². The molecule has 0 bridgehead atoms. The largest absolute Gasteiger partial charge is 0.445 e. The standard InChI is InChI=1S/C10H16N2O3/c1-8-4-12-10(15-8)6-11-5-9-2-3-13-7-14-9/h4,9,11H,2-3,5-7H2,1H3. The summed E-state index contributed by atoms with van der Waals surface area (Å²) in [6.07, 6.45) is 2.91. The molecule has 0 radical (unpaired) electrons. The molecule has 1 aromatic rings. The van der Waals surface area contributed by atoms with Gasteiger partial charge in [0, 0.05) is 6.54 Å². The van der Waals surface area contributed by atoms with Crippen molar-refractivity contribution in [2.24, 2.45) is 0 Å². The molecule has 1 aliphatic heterocycles.